The minimum absolute atomic E-state index is 0.155. The second-order valence-corrected chi connectivity index (χ2v) is 11.4. The van der Waals surface area contributed by atoms with Crippen LogP contribution in [-0.4, -0.2) is 74.4 Å². The van der Waals surface area contributed by atoms with Crippen LogP contribution in [0.15, 0.2) is 97.1 Å². The fourth-order valence-electron chi connectivity index (χ4n) is 5.34. The Balaban J connectivity index is 1.18. The number of nitrogens with one attached hydrogen (secondary N) is 1. The number of piperazine rings is 1. The molecule has 3 amide bonds. The van der Waals surface area contributed by atoms with Crippen molar-refractivity contribution in [1.29, 1.82) is 0 Å². The molecule has 1 aliphatic rings. The number of ether oxygens (including phenoxy) is 1. The summed E-state index contributed by atoms with van der Waals surface area (Å²) >= 11 is 0. The number of para-hydroxylation sites is 2. The molecule has 0 bridgehead atoms. The van der Waals surface area contributed by atoms with Crippen molar-refractivity contribution < 1.29 is 19.1 Å². The second kappa shape index (κ2) is 14.7. The molecule has 1 heterocycles. The van der Waals surface area contributed by atoms with Gasteiger partial charge in [-0.15, -0.1) is 0 Å². The molecule has 0 radical (unpaired) electrons. The molecule has 0 aromatic heterocycles. The Hall–Kier alpha value is -4.95. The van der Waals surface area contributed by atoms with Crippen molar-refractivity contribution in [2.75, 3.05) is 57.1 Å². The number of benzene rings is 4. The first-order valence-electron chi connectivity index (χ1n) is 15.3. The average Bonchev–Trinajstić information content (AvgIpc) is 3.07. The van der Waals surface area contributed by atoms with Gasteiger partial charge in [-0.25, -0.2) is 0 Å². The van der Waals surface area contributed by atoms with E-state index in [2.05, 4.69) is 17.3 Å². The first-order valence-corrected chi connectivity index (χ1v) is 15.3. The van der Waals surface area contributed by atoms with Gasteiger partial charge in [0.15, 0.2) is 0 Å². The van der Waals surface area contributed by atoms with Gasteiger partial charge >= 0.3 is 0 Å². The van der Waals surface area contributed by atoms with Crippen LogP contribution in [0.4, 0.5) is 11.4 Å². The zero-order valence-corrected chi connectivity index (χ0v) is 26.2. The first kappa shape index (κ1) is 31.5. The third kappa shape index (κ3) is 7.96. The Labute approximate surface area is 265 Å². The fourth-order valence-corrected chi connectivity index (χ4v) is 5.34. The first-order chi connectivity index (χ1) is 21.8. The van der Waals surface area contributed by atoms with E-state index in [1.165, 1.54) is 0 Å². The van der Waals surface area contributed by atoms with Crippen molar-refractivity contribution in [2.45, 2.75) is 19.8 Å². The van der Waals surface area contributed by atoms with Crippen LogP contribution in [0.25, 0.3) is 11.1 Å². The molecule has 8 heteroatoms. The van der Waals surface area contributed by atoms with E-state index < -0.39 is 0 Å². The predicted octanol–water partition coefficient (Wildman–Crippen LogP) is 6.12. The predicted molar refractivity (Wildman–Crippen MR) is 179 cm³/mol. The van der Waals surface area contributed by atoms with Gasteiger partial charge in [0.1, 0.15) is 5.75 Å². The van der Waals surface area contributed by atoms with E-state index in [1.54, 1.807) is 36.2 Å². The maximum Gasteiger partial charge on any atom is 0.258 e. The molecule has 4 aromatic carbocycles. The monoisotopic (exact) mass is 604 g/mol. The summed E-state index contributed by atoms with van der Waals surface area (Å²) in [7, 11) is 3.78. The minimum atomic E-state index is -0.223. The number of likely N-dealkylation sites (N-methyl/N-ethyl adjacent to an activating group) is 1. The maximum atomic E-state index is 13.4. The molecule has 1 saturated heterocycles. The third-order valence-electron chi connectivity index (χ3n) is 8.10. The summed E-state index contributed by atoms with van der Waals surface area (Å²) in [5, 5.41) is 2.96. The number of carbonyl (C=O) groups is 3. The van der Waals surface area contributed by atoms with Crippen LogP contribution >= 0.6 is 0 Å². The van der Waals surface area contributed by atoms with Gasteiger partial charge in [0.05, 0.1) is 12.3 Å². The summed E-state index contributed by atoms with van der Waals surface area (Å²) in [6.07, 6.45) is 1.03. The van der Waals surface area contributed by atoms with Crippen molar-refractivity contribution in [3.63, 3.8) is 0 Å². The number of amides is 3. The van der Waals surface area contributed by atoms with Gasteiger partial charge in [0.25, 0.3) is 11.8 Å². The smallest absolute Gasteiger partial charge is 0.258 e. The zero-order valence-electron chi connectivity index (χ0n) is 26.2. The molecule has 0 aliphatic carbocycles. The maximum absolute atomic E-state index is 13.4. The fraction of sp³-hybridized carbons (Fsp3) is 0.270. The zero-order chi connectivity index (χ0) is 31.8. The number of carbonyl (C=O) groups excluding carboxylic acids is 3. The number of hydrogen-bond acceptors (Lipinski definition) is 5. The molecule has 0 unspecified atom stereocenters. The summed E-state index contributed by atoms with van der Waals surface area (Å²) in [4.78, 5) is 44.9. The molecule has 0 saturated carbocycles. The molecule has 8 nitrogen and oxygen atoms in total. The Morgan fingerprint density at radius 3 is 2.22 bits per heavy atom. The van der Waals surface area contributed by atoms with Gasteiger partial charge in [-0.3, -0.25) is 14.4 Å². The van der Waals surface area contributed by atoms with E-state index >= 15 is 0 Å². The molecule has 1 fully saturated rings. The van der Waals surface area contributed by atoms with E-state index in [9.17, 15) is 14.4 Å². The highest BCUT2D eigenvalue weighted by atomic mass is 16.5. The Bertz CT molecular complexity index is 1630. The van der Waals surface area contributed by atoms with Crippen LogP contribution in [0.2, 0.25) is 0 Å². The van der Waals surface area contributed by atoms with E-state index in [4.69, 9.17) is 4.74 Å². The highest BCUT2D eigenvalue weighted by Crippen LogP contribution is 2.29. The van der Waals surface area contributed by atoms with Gasteiger partial charge < -0.3 is 24.8 Å². The van der Waals surface area contributed by atoms with Gasteiger partial charge in [0.2, 0.25) is 5.91 Å². The third-order valence-corrected chi connectivity index (χ3v) is 8.10. The lowest BCUT2D eigenvalue weighted by Crippen LogP contribution is -2.47. The number of rotatable bonds is 10. The van der Waals surface area contributed by atoms with Gasteiger partial charge in [-0.05, 0) is 74.0 Å². The van der Waals surface area contributed by atoms with Crippen molar-refractivity contribution in [3.05, 3.63) is 114 Å². The van der Waals surface area contributed by atoms with Crippen molar-refractivity contribution >= 4 is 29.1 Å². The number of aryl methyl sites for hydroxylation is 1. The lowest BCUT2D eigenvalue weighted by Gasteiger charge is -2.32. The van der Waals surface area contributed by atoms with Crippen LogP contribution in [0, 0.1) is 6.92 Å². The SMILES string of the molecule is Cc1ccc(-c2ccccc2C(=O)Nc2ccc(C(=O)N(C)c3ccccc3OCCCC(=O)N3CCN(C)CC3)cc2)cc1. The van der Waals surface area contributed by atoms with Crippen LogP contribution in [0.3, 0.4) is 0 Å². The molecule has 5 rings (SSSR count). The van der Waals surface area contributed by atoms with Crippen LogP contribution in [0.5, 0.6) is 5.75 Å². The highest BCUT2D eigenvalue weighted by Gasteiger charge is 2.20. The summed E-state index contributed by atoms with van der Waals surface area (Å²) in [5.74, 6) is 0.302. The minimum Gasteiger partial charge on any atom is -0.491 e. The van der Waals surface area contributed by atoms with Crippen molar-refractivity contribution in [1.82, 2.24) is 9.80 Å². The van der Waals surface area contributed by atoms with Crippen LogP contribution in [-0.2, 0) is 4.79 Å². The summed E-state index contributed by atoms with van der Waals surface area (Å²) < 4.78 is 6.03. The second-order valence-electron chi connectivity index (χ2n) is 11.4. The molecule has 1 N–H and O–H groups in total. The molecule has 232 valence electrons. The Morgan fingerprint density at radius 1 is 0.822 bits per heavy atom. The summed E-state index contributed by atoms with van der Waals surface area (Å²) in [6, 6.07) is 29.8. The van der Waals surface area contributed by atoms with E-state index in [-0.39, 0.29) is 17.7 Å². The van der Waals surface area contributed by atoms with E-state index in [1.807, 2.05) is 84.6 Å². The molecule has 4 aromatic rings. The summed E-state index contributed by atoms with van der Waals surface area (Å²) in [5.41, 5.74) is 5.25. The van der Waals surface area contributed by atoms with E-state index in [0.717, 1.165) is 42.9 Å². The quantitative estimate of drug-likeness (QED) is 0.221. The van der Waals surface area contributed by atoms with Gasteiger partial charge in [-0.2, -0.15) is 0 Å². The largest absolute Gasteiger partial charge is 0.491 e. The number of anilines is 2. The molecule has 45 heavy (non-hydrogen) atoms. The van der Waals surface area contributed by atoms with E-state index in [0.29, 0.717) is 47.7 Å². The van der Waals surface area contributed by atoms with Crippen LogP contribution < -0.4 is 15.0 Å². The lowest BCUT2D eigenvalue weighted by molar-refractivity contribution is -0.133. The average molecular weight is 605 g/mol. The van der Waals surface area contributed by atoms with Gasteiger partial charge in [-0.1, -0.05) is 60.2 Å². The topological polar surface area (TPSA) is 82.2 Å². The molecule has 0 atom stereocenters. The number of nitrogens with zero attached hydrogens (tertiary/aromatic N) is 3. The normalized spacial score (nSPS) is 13.3. The van der Waals surface area contributed by atoms with Crippen molar-refractivity contribution in [3.8, 4) is 16.9 Å². The highest BCUT2D eigenvalue weighted by molar-refractivity contribution is 6.09. The van der Waals surface area contributed by atoms with Crippen LogP contribution in [0.1, 0.15) is 39.1 Å². The van der Waals surface area contributed by atoms with Crippen molar-refractivity contribution in [2.24, 2.45) is 0 Å². The standard InChI is InChI=1S/C37H40N4O4/c1-27-14-16-28(17-15-27)31-9-4-5-10-32(31)36(43)38-30-20-18-29(19-21-30)37(44)40(3)33-11-6-7-12-34(33)45-26-8-13-35(42)41-24-22-39(2)23-25-41/h4-7,9-12,14-21H,8,13,22-26H2,1-3H3,(H,38,43). The lowest BCUT2D eigenvalue weighted by atomic mass is 9.98. The van der Waals surface area contributed by atoms with Gasteiger partial charge in [0, 0.05) is 56.5 Å². The molecule has 0 spiro atoms. The molecular weight excluding hydrogens is 564 g/mol. The Kier molecular flexibility index (Phi) is 10.3. The number of hydrogen-bond donors (Lipinski definition) is 1. The summed E-state index contributed by atoms with van der Waals surface area (Å²) in [6.45, 7) is 5.73. The molecule has 1 aliphatic heterocycles. The molecular formula is C37H40N4O4. The Morgan fingerprint density at radius 2 is 1.49 bits per heavy atom.